The number of hydrogen-bond donors (Lipinski definition) is 2. The number of ether oxygens (including phenoxy) is 1. The quantitative estimate of drug-likeness (QED) is 0.657. The molecule has 3 rings (SSSR count). The molecule has 0 aromatic heterocycles. The lowest BCUT2D eigenvalue weighted by atomic mass is 10.3. The highest BCUT2D eigenvalue weighted by molar-refractivity contribution is 7.85. The number of hydrogen-bond acceptors (Lipinski definition) is 4. The Morgan fingerprint density at radius 2 is 1.50 bits per heavy atom. The highest BCUT2D eigenvalue weighted by Gasteiger charge is 2.16. The molecule has 2 atom stereocenters. The van der Waals surface area contributed by atoms with Crippen molar-refractivity contribution in [2.24, 2.45) is 5.73 Å². The number of nitrogens with one attached hydrogen (secondary N) is 1. The van der Waals surface area contributed by atoms with Gasteiger partial charge in [0.2, 0.25) is 6.23 Å². The van der Waals surface area contributed by atoms with Crippen LogP contribution in [0.2, 0.25) is 0 Å². The van der Waals surface area contributed by atoms with E-state index in [1.807, 2.05) is 24.3 Å². The summed E-state index contributed by atoms with van der Waals surface area (Å²) in [7, 11) is -1.33. The average molecular weight is 366 g/mol. The molecule has 5 nitrogen and oxygen atoms in total. The van der Waals surface area contributed by atoms with Crippen LogP contribution in [0.4, 0.5) is 5.69 Å². The fraction of sp³-hybridized carbons (Fsp3) is 0.0500. The van der Waals surface area contributed by atoms with Crippen molar-refractivity contribution in [3.05, 3.63) is 84.9 Å². The first-order valence-electron chi connectivity index (χ1n) is 7.98. The van der Waals surface area contributed by atoms with Gasteiger partial charge in [-0.15, -0.1) is 0 Å². The molecule has 0 aliphatic carbocycles. The zero-order valence-electron chi connectivity index (χ0n) is 13.9. The van der Waals surface area contributed by atoms with E-state index in [1.54, 1.807) is 60.7 Å². The van der Waals surface area contributed by atoms with Gasteiger partial charge in [-0.3, -0.25) is 10.5 Å². The van der Waals surface area contributed by atoms with Gasteiger partial charge in [-0.1, -0.05) is 42.5 Å². The summed E-state index contributed by atoms with van der Waals surface area (Å²) in [5.41, 5.74) is 6.30. The molecule has 0 bridgehead atoms. The third kappa shape index (κ3) is 4.56. The van der Waals surface area contributed by atoms with E-state index in [0.717, 1.165) is 0 Å². The molecular formula is C20H18N2O3S. The number of amides is 1. The molecule has 0 radical (unpaired) electrons. The molecule has 0 aliphatic rings. The largest absolute Gasteiger partial charge is 0.466 e. The maximum Gasteiger partial charge on any atom is 0.280 e. The van der Waals surface area contributed by atoms with Crippen LogP contribution in [-0.4, -0.2) is 16.3 Å². The number of benzene rings is 3. The predicted octanol–water partition coefficient (Wildman–Crippen LogP) is 3.16. The van der Waals surface area contributed by atoms with Crippen LogP contribution in [0, 0.1) is 0 Å². The molecule has 6 heteroatoms. The minimum Gasteiger partial charge on any atom is -0.466 e. The van der Waals surface area contributed by atoms with Gasteiger partial charge in [0.1, 0.15) is 5.75 Å². The van der Waals surface area contributed by atoms with Gasteiger partial charge >= 0.3 is 0 Å². The molecule has 0 heterocycles. The minimum absolute atomic E-state index is 0.489. The Hall–Kier alpha value is -2.96. The first-order valence-corrected chi connectivity index (χ1v) is 9.13. The topological polar surface area (TPSA) is 81.4 Å². The summed E-state index contributed by atoms with van der Waals surface area (Å²) in [5.74, 6) is 0.0191. The molecule has 2 unspecified atom stereocenters. The third-order valence-electron chi connectivity index (χ3n) is 3.54. The second-order valence-corrected chi connectivity index (χ2v) is 6.93. The van der Waals surface area contributed by atoms with E-state index in [-0.39, 0.29) is 0 Å². The van der Waals surface area contributed by atoms with Crippen molar-refractivity contribution in [1.29, 1.82) is 0 Å². The lowest BCUT2D eigenvalue weighted by molar-refractivity contribution is -0.122. The van der Waals surface area contributed by atoms with E-state index in [1.165, 1.54) is 0 Å². The van der Waals surface area contributed by atoms with Gasteiger partial charge in [0.05, 0.1) is 10.8 Å². The van der Waals surface area contributed by atoms with Gasteiger partial charge in [0.25, 0.3) is 5.91 Å². The fourth-order valence-electron chi connectivity index (χ4n) is 2.28. The van der Waals surface area contributed by atoms with Crippen LogP contribution in [0.5, 0.6) is 5.75 Å². The number of carbonyl (C=O) groups is 1. The van der Waals surface area contributed by atoms with Gasteiger partial charge in [0.15, 0.2) is 0 Å². The normalized spacial score (nSPS) is 12.8. The molecule has 1 amide bonds. The predicted molar refractivity (Wildman–Crippen MR) is 101 cm³/mol. The fourth-order valence-corrected chi connectivity index (χ4v) is 3.39. The molecule has 3 aromatic rings. The third-order valence-corrected chi connectivity index (χ3v) is 4.92. The number of carbonyl (C=O) groups excluding carboxylic acids is 1. The van der Waals surface area contributed by atoms with Gasteiger partial charge in [-0.2, -0.15) is 0 Å². The maximum atomic E-state index is 12.6. The van der Waals surface area contributed by atoms with Crippen molar-refractivity contribution in [2.45, 2.75) is 16.0 Å². The van der Waals surface area contributed by atoms with Gasteiger partial charge < -0.3 is 10.1 Å². The smallest absolute Gasteiger partial charge is 0.280 e. The second-order valence-electron chi connectivity index (χ2n) is 5.45. The molecule has 0 spiro atoms. The first-order chi connectivity index (χ1) is 12.6. The average Bonchev–Trinajstić information content (AvgIpc) is 2.69. The Morgan fingerprint density at radius 3 is 2.19 bits per heavy atom. The summed E-state index contributed by atoms with van der Waals surface area (Å²) in [6.45, 7) is 0. The Bertz CT molecular complexity index is 901. The zero-order chi connectivity index (χ0) is 18.4. The minimum atomic E-state index is -1.33. The van der Waals surface area contributed by atoms with E-state index in [0.29, 0.717) is 21.2 Å². The summed E-state index contributed by atoms with van der Waals surface area (Å²) in [5, 5.41) is 2.69. The Morgan fingerprint density at radius 1 is 0.885 bits per heavy atom. The first kappa shape index (κ1) is 17.8. The molecule has 0 saturated carbocycles. The molecule has 0 fully saturated rings. The van der Waals surface area contributed by atoms with Crippen LogP contribution in [0.3, 0.4) is 0 Å². The molecule has 3 N–H and O–H groups in total. The van der Waals surface area contributed by atoms with Crippen molar-refractivity contribution < 1.29 is 13.7 Å². The van der Waals surface area contributed by atoms with Gasteiger partial charge in [-0.05, 0) is 42.5 Å². The maximum absolute atomic E-state index is 12.6. The monoisotopic (exact) mass is 366 g/mol. The van der Waals surface area contributed by atoms with Crippen LogP contribution in [0.15, 0.2) is 94.7 Å². The lowest BCUT2D eigenvalue weighted by Gasteiger charge is -2.14. The van der Waals surface area contributed by atoms with E-state index in [4.69, 9.17) is 10.5 Å². The van der Waals surface area contributed by atoms with E-state index < -0.39 is 22.9 Å². The van der Waals surface area contributed by atoms with E-state index >= 15 is 0 Å². The van der Waals surface area contributed by atoms with Crippen LogP contribution in [-0.2, 0) is 15.6 Å². The number of rotatable bonds is 6. The standard InChI is InChI=1S/C20H18N2O3S/c21-19(25-16-9-3-1-4-10-16)20(23)22-15-8-7-13-18(14-15)26(24)17-11-5-2-6-12-17/h1-14,19H,21H2,(H,22,23). The van der Waals surface area contributed by atoms with Gasteiger partial charge in [0, 0.05) is 15.5 Å². The number of anilines is 1. The van der Waals surface area contributed by atoms with E-state index in [2.05, 4.69) is 5.32 Å². The SMILES string of the molecule is NC(Oc1ccccc1)C(=O)Nc1cccc(S(=O)c2ccccc2)c1. The number of para-hydroxylation sites is 1. The summed E-state index contributed by atoms with van der Waals surface area (Å²) in [6.07, 6.45) is -1.15. The van der Waals surface area contributed by atoms with Crippen LogP contribution >= 0.6 is 0 Å². The Kier molecular flexibility index (Phi) is 5.78. The van der Waals surface area contributed by atoms with Crippen molar-refractivity contribution in [3.63, 3.8) is 0 Å². The molecule has 0 saturated heterocycles. The van der Waals surface area contributed by atoms with Crippen molar-refractivity contribution in [2.75, 3.05) is 5.32 Å². The highest BCUT2D eigenvalue weighted by atomic mass is 32.2. The van der Waals surface area contributed by atoms with Crippen molar-refractivity contribution in [3.8, 4) is 5.75 Å². The Balaban J connectivity index is 1.68. The van der Waals surface area contributed by atoms with Crippen LogP contribution in [0.25, 0.3) is 0 Å². The molecule has 26 heavy (non-hydrogen) atoms. The summed E-state index contributed by atoms with van der Waals surface area (Å²) < 4.78 is 18.0. The molecule has 0 aliphatic heterocycles. The van der Waals surface area contributed by atoms with Crippen molar-refractivity contribution >= 4 is 22.4 Å². The Labute approximate surface area is 154 Å². The summed E-state index contributed by atoms with van der Waals surface area (Å²) in [4.78, 5) is 13.5. The van der Waals surface area contributed by atoms with Crippen LogP contribution in [0.1, 0.15) is 0 Å². The van der Waals surface area contributed by atoms with E-state index in [9.17, 15) is 9.00 Å². The molecule has 3 aromatic carbocycles. The van der Waals surface area contributed by atoms with Gasteiger partial charge in [-0.25, -0.2) is 4.21 Å². The summed E-state index contributed by atoms with van der Waals surface area (Å²) in [6, 6.07) is 24.8. The van der Waals surface area contributed by atoms with Crippen molar-refractivity contribution in [1.82, 2.24) is 0 Å². The number of nitrogens with two attached hydrogens (primary N) is 1. The second kappa shape index (κ2) is 8.42. The molecular weight excluding hydrogens is 348 g/mol. The summed E-state index contributed by atoms with van der Waals surface area (Å²) >= 11 is 0. The lowest BCUT2D eigenvalue weighted by Crippen LogP contribution is -2.40. The molecule has 132 valence electrons. The zero-order valence-corrected chi connectivity index (χ0v) is 14.7. The van der Waals surface area contributed by atoms with Crippen LogP contribution < -0.4 is 15.8 Å². The highest BCUT2D eigenvalue weighted by Crippen LogP contribution is 2.20.